The van der Waals surface area contributed by atoms with Crippen LogP contribution in [0.15, 0.2) is 12.2 Å². The van der Waals surface area contributed by atoms with E-state index in [2.05, 4.69) is 6.58 Å². The number of esters is 2. The number of ether oxygens (including phenoxy) is 2. The highest BCUT2D eigenvalue weighted by molar-refractivity contribution is 5.94. The molecule has 0 amide bonds. The monoisotopic (exact) mass is 350 g/mol. The lowest BCUT2D eigenvalue weighted by molar-refractivity contribution is -0.177. The lowest BCUT2D eigenvalue weighted by Crippen LogP contribution is -2.57. The Morgan fingerprint density at radius 1 is 1.40 bits per heavy atom. The molecule has 25 heavy (non-hydrogen) atoms. The van der Waals surface area contributed by atoms with E-state index in [1.54, 1.807) is 6.92 Å². The molecule has 138 valence electrons. The van der Waals surface area contributed by atoms with Gasteiger partial charge in [-0.15, -0.1) is 0 Å². The van der Waals surface area contributed by atoms with Crippen LogP contribution in [-0.4, -0.2) is 41.1 Å². The van der Waals surface area contributed by atoms with E-state index in [1.165, 1.54) is 0 Å². The van der Waals surface area contributed by atoms with Crippen LogP contribution in [0.5, 0.6) is 0 Å². The number of hydrogen-bond donors (Lipinski definition) is 1. The van der Waals surface area contributed by atoms with E-state index < -0.39 is 23.1 Å². The Labute approximate surface area is 147 Å². The first-order chi connectivity index (χ1) is 11.8. The van der Waals surface area contributed by atoms with Gasteiger partial charge in [0.05, 0.1) is 17.6 Å². The van der Waals surface area contributed by atoms with Crippen molar-refractivity contribution in [2.45, 2.75) is 64.1 Å². The molecule has 0 bridgehead atoms. The van der Waals surface area contributed by atoms with E-state index in [0.717, 1.165) is 0 Å². The van der Waals surface area contributed by atoms with E-state index in [4.69, 9.17) is 9.47 Å². The summed E-state index contributed by atoms with van der Waals surface area (Å²) in [5, 5.41) is 11.5. The molecule has 1 N–H and O–H groups in total. The van der Waals surface area contributed by atoms with Crippen LogP contribution in [0.2, 0.25) is 0 Å². The molecule has 0 radical (unpaired) electrons. The van der Waals surface area contributed by atoms with Gasteiger partial charge in [-0.2, -0.15) is 0 Å². The summed E-state index contributed by atoms with van der Waals surface area (Å²) in [7, 11) is 0. The molecule has 2 saturated carbocycles. The summed E-state index contributed by atoms with van der Waals surface area (Å²) < 4.78 is 10.9. The fourth-order valence-electron chi connectivity index (χ4n) is 4.86. The summed E-state index contributed by atoms with van der Waals surface area (Å²) in [6.07, 6.45) is 2.01. The Morgan fingerprint density at radius 3 is 2.80 bits per heavy atom. The van der Waals surface area contributed by atoms with Crippen molar-refractivity contribution >= 4 is 17.7 Å². The van der Waals surface area contributed by atoms with Crippen LogP contribution in [0, 0.1) is 17.3 Å². The van der Waals surface area contributed by atoms with Gasteiger partial charge in [0.2, 0.25) is 0 Å². The molecule has 0 aromatic rings. The van der Waals surface area contributed by atoms with Gasteiger partial charge in [-0.3, -0.25) is 9.59 Å². The molecule has 6 heteroatoms. The third-order valence-electron chi connectivity index (χ3n) is 6.49. The second-order valence-electron chi connectivity index (χ2n) is 7.71. The number of Topliss-reactive ketones (excluding diaryl/α,β-unsaturated/α-hetero) is 1. The molecule has 0 spiro atoms. The molecule has 0 unspecified atom stereocenters. The summed E-state index contributed by atoms with van der Waals surface area (Å²) in [6, 6.07) is 0. The van der Waals surface area contributed by atoms with Crippen molar-refractivity contribution in [2.75, 3.05) is 6.61 Å². The van der Waals surface area contributed by atoms with Crippen molar-refractivity contribution in [1.29, 1.82) is 0 Å². The zero-order chi connectivity index (χ0) is 18.4. The first-order valence-corrected chi connectivity index (χ1v) is 9.06. The van der Waals surface area contributed by atoms with Crippen LogP contribution in [0.1, 0.15) is 52.4 Å². The lowest BCUT2D eigenvalue weighted by atomic mass is 9.65. The van der Waals surface area contributed by atoms with Crippen LogP contribution in [0.25, 0.3) is 0 Å². The van der Waals surface area contributed by atoms with Gasteiger partial charge in [0.15, 0.2) is 0 Å². The summed E-state index contributed by atoms with van der Waals surface area (Å²) in [6.45, 7) is 7.50. The van der Waals surface area contributed by atoms with E-state index in [0.29, 0.717) is 37.7 Å². The molecular weight excluding hydrogens is 324 g/mol. The first-order valence-electron chi connectivity index (χ1n) is 9.06. The van der Waals surface area contributed by atoms with Crippen molar-refractivity contribution in [3.63, 3.8) is 0 Å². The van der Waals surface area contributed by atoms with Crippen molar-refractivity contribution in [3.8, 4) is 0 Å². The minimum Gasteiger partial charge on any atom is -0.465 e. The fraction of sp³-hybridized carbons (Fsp3) is 0.737. The van der Waals surface area contributed by atoms with E-state index in [9.17, 15) is 19.5 Å². The van der Waals surface area contributed by atoms with Gasteiger partial charge in [0, 0.05) is 30.3 Å². The zero-order valence-corrected chi connectivity index (χ0v) is 14.9. The predicted molar refractivity (Wildman–Crippen MR) is 88.4 cm³/mol. The summed E-state index contributed by atoms with van der Waals surface area (Å²) in [4.78, 5) is 36.5. The minimum absolute atomic E-state index is 0.0814. The molecule has 3 aliphatic rings. The molecule has 2 aliphatic carbocycles. The average Bonchev–Trinajstić information content (AvgIpc) is 2.95. The number of hydrogen-bond acceptors (Lipinski definition) is 6. The molecule has 1 aliphatic heterocycles. The average molecular weight is 350 g/mol. The maximum Gasteiger partial charge on any atom is 0.334 e. The second-order valence-corrected chi connectivity index (χ2v) is 7.71. The standard InChI is InChI=1S/C19H26O6/c1-4-5-15(21)24-10-12-6-7-13-11(2)17(22)25-16(13)18(3)14(20)8-9-19(12,18)23/h12-13,16,23H,2,4-10H2,1,3H3/t12-,13+,16-,18+,19-/m1/s1. The smallest absolute Gasteiger partial charge is 0.334 e. The van der Waals surface area contributed by atoms with Crippen LogP contribution >= 0.6 is 0 Å². The van der Waals surface area contributed by atoms with Crippen LogP contribution in [0.4, 0.5) is 0 Å². The normalized spacial score (nSPS) is 40.3. The number of carbonyl (C=O) groups is 3. The van der Waals surface area contributed by atoms with E-state index >= 15 is 0 Å². The highest BCUT2D eigenvalue weighted by atomic mass is 16.6. The molecule has 0 aromatic carbocycles. The zero-order valence-electron chi connectivity index (χ0n) is 14.9. The van der Waals surface area contributed by atoms with Gasteiger partial charge in [0.1, 0.15) is 11.9 Å². The van der Waals surface area contributed by atoms with Gasteiger partial charge < -0.3 is 14.6 Å². The molecule has 6 nitrogen and oxygen atoms in total. The Morgan fingerprint density at radius 2 is 2.12 bits per heavy atom. The number of fused-ring (bicyclic) bond motifs is 3. The van der Waals surface area contributed by atoms with E-state index in [-0.39, 0.29) is 36.6 Å². The van der Waals surface area contributed by atoms with E-state index in [1.807, 2.05) is 6.92 Å². The molecule has 1 heterocycles. The lowest BCUT2D eigenvalue weighted by Gasteiger charge is -2.44. The molecule has 1 saturated heterocycles. The molecule has 3 fully saturated rings. The third-order valence-corrected chi connectivity index (χ3v) is 6.49. The SMILES string of the molecule is C=C1C(=O)O[C@@H]2[C@H]1CC[C@H](COC(=O)CCC)[C@]1(O)CCC(=O)[C@@]21C. The number of ketones is 1. The molecular formula is C19H26O6. The first kappa shape index (κ1) is 18.1. The number of rotatable bonds is 4. The highest BCUT2D eigenvalue weighted by Gasteiger charge is 2.69. The number of aliphatic hydroxyl groups is 1. The maximum atomic E-state index is 12.7. The highest BCUT2D eigenvalue weighted by Crippen LogP contribution is 2.58. The molecule has 3 rings (SSSR count). The topological polar surface area (TPSA) is 89.9 Å². The van der Waals surface area contributed by atoms with Gasteiger partial charge in [0.25, 0.3) is 0 Å². The van der Waals surface area contributed by atoms with Crippen molar-refractivity contribution in [1.82, 2.24) is 0 Å². The van der Waals surface area contributed by atoms with Crippen LogP contribution in [-0.2, 0) is 23.9 Å². The third kappa shape index (κ3) is 2.53. The summed E-state index contributed by atoms with van der Waals surface area (Å²) in [5.74, 6) is -1.51. The Kier molecular flexibility index (Phi) is 4.52. The summed E-state index contributed by atoms with van der Waals surface area (Å²) in [5.41, 5.74) is -2.16. The Balaban J connectivity index is 1.91. The quantitative estimate of drug-likeness (QED) is 0.615. The number of carbonyl (C=O) groups excluding carboxylic acids is 3. The van der Waals surface area contributed by atoms with Crippen molar-refractivity contribution in [2.24, 2.45) is 17.3 Å². The Bertz CT molecular complexity index is 625. The molecule has 0 aromatic heterocycles. The Hall–Kier alpha value is -1.69. The summed E-state index contributed by atoms with van der Waals surface area (Å²) >= 11 is 0. The van der Waals surface area contributed by atoms with Crippen LogP contribution in [0.3, 0.4) is 0 Å². The second kappa shape index (κ2) is 6.24. The maximum absolute atomic E-state index is 12.7. The van der Waals surface area contributed by atoms with Crippen LogP contribution < -0.4 is 0 Å². The van der Waals surface area contributed by atoms with Gasteiger partial charge in [-0.25, -0.2) is 4.79 Å². The fourth-order valence-corrected chi connectivity index (χ4v) is 4.86. The van der Waals surface area contributed by atoms with Gasteiger partial charge >= 0.3 is 11.9 Å². The largest absolute Gasteiger partial charge is 0.465 e. The molecule has 5 atom stereocenters. The van der Waals surface area contributed by atoms with Gasteiger partial charge in [-0.1, -0.05) is 13.5 Å². The predicted octanol–water partition coefficient (Wildman–Crippen LogP) is 1.94. The minimum atomic E-state index is -1.35. The van der Waals surface area contributed by atoms with Gasteiger partial charge in [-0.05, 0) is 32.6 Å². The van der Waals surface area contributed by atoms with Crippen molar-refractivity contribution in [3.05, 3.63) is 12.2 Å². The van der Waals surface area contributed by atoms with Crippen molar-refractivity contribution < 1.29 is 29.0 Å².